The van der Waals surface area contributed by atoms with Crippen molar-refractivity contribution in [3.05, 3.63) is 63.4 Å². The zero-order chi connectivity index (χ0) is 14.7. The number of aryl methyl sites for hydroxylation is 1. The molecule has 2 aromatic carbocycles. The molecule has 0 saturated carbocycles. The van der Waals surface area contributed by atoms with Crippen LogP contribution >= 0.6 is 15.9 Å². The van der Waals surface area contributed by atoms with E-state index in [2.05, 4.69) is 15.9 Å². The Bertz CT molecular complexity index is 658. The Morgan fingerprint density at radius 3 is 2.85 bits per heavy atom. The van der Waals surface area contributed by atoms with Gasteiger partial charge in [-0.15, -0.1) is 0 Å². The van der Waals surface area contributed by atoms with Gasteiger partial charge in [0.05, 0.1) is 10.0 Å². The van der Waals surface area contributed by atoms with Crippen LogP contribution in [-0.2, 0) is 11.3 Å². The molecule has 0 fully saturated rings. The van der Waals surface area contributed by atoms with Crippen LogP contribution in [0.2, 0.25) is 0 Å². The molecule has 0 aromatic heterocycles. The molecule has 2 rings (SSSR count). The fourth-order valence-electron chi connectivity index (χ4n) is 1.73. The number of hydrogen-bond acceptors (Lipinski definition) is 3. The maximum Gasteiger partial charge on any atom is 0.340 e. The average molecular weight is 338 g/mol. The molecule has 0 atom stereocenters. The summed E-state index contributed by atoms with van der Waals surface area (Å²) in [7, 11) is 0. The van der Waals surface area contributed by atoms with Crippen molar-refractivity contribution in [3.8, 4) is 0 Å². The molecule has 0 radical (unpaired) electrons. The van der Waals surface area contributed by atoms with Crippen molar-refractivity contribution in [2.24, 2.45) is 0 Å². The zero-order valence-corrected chi connectivity index (χ0v) is 12.4. The first-order chi connectivity index (χ1) is 9.49. The number of hydrogen-bond donors (Lipinski definition) is 1. The Balaban J connectivity index is 2.13. The van der Waals surface area contributed by atoms with Crippen molar-refractivity contribution in [2.75, 3.05) is 5.73 Å². The van der Waals surface area contributed by atoms with E-state index in [9.17, 15) is 9.18 Å². The molecule has 2 aromatic rings. The molecule has 20 heavy (non-hydrogen) atoms. The third kappa shape index (κ3) is 3.17. The smallest absolute Gasteiger partial charge is 0.340 e. The number of carbonyl (C=O) groups is 1. The van der Waals surface area contributed by atoms with Gasteiger partial charge < -0.3 is 10.5 Å². The minimum atomic E-state index is -0.526. The van der Waals surface area contributed by atoms with E-state index in [1.54, 1.807) is 24.3 Å². The van der Waals surface area contributed by atoms with E-state index in [1.165, 1.54) is 6.07 Å². The van der Waals surface area contributed by atoms with Crippen molar-refractivity contribution in [1.29, 1.82) is 0 Å². The largest absolute Gasteiger partial charge is 0.457 e. The normalized spacial score (nSPS) is 10.3. The molecule has 0 aliphatic rings. The monoisotopic (exact) mass is 337 g/mol. The van der Waals surface area contributed by atoms with Gasteiger partial charge in [-0.2, -0.15) is 0 Å². The van der Waals surface area contributed by atoms with E-state index in [-0.39, 0.29) is 6.61 Å². The first-order valence-corrected chi connectivity index (χ1v) is 6.74. The maximum atomic E-state index is 13.3. The molecule has 5 heteroatoms. The van der Waals surface area contributed by atoms with Gasteiger partial charge in [-0.3, -0.25) is 0 Å². The molecule has 0 aliphatic carbocycles. The third-order valence-corrected chi connectivity index (χ3v) is 3.71. The Morgan fingerprint density at radius 1 is 1.35 bits per heavy atom. The number of halogens is 2. The lowest BCUT2D eigenvalue weighted by Crippen LogP contribution is -2.09. The number of carbonyl (C=O) groups excluding carboxylic acids is 1. The molecule has 0 saturated heterocycles. The van der Waals surface area contributed by atoms with E-state index < -0.39 is 11.8 Å². The standard InChI is InChI=1S/C15H13BrFNO2/c1-9-5-6-13(18)11(7-9)15(19)20-8-10-3-2-4-12(17)14(10)16/h2-7H,8,18H2,1H3. The molecule has 0 spiro atoms. The summed E-state index contributed by atoms with van der Waals surface area (Å²) in [6, 6.07) is 9.70. The maximum absolute atomic E-state index is 13.3. The van der Waals surface area contributed by atoms with Crippen LogP contribution < -0.4 is 5.73 Å². The minimum Gasteiger partial charge on any atom is -0.457 e. The fraction of sp³-hybridized carbons (Fsp3) is 0.133. The summed E-state index contributed by atoms with van der Waals surface area (Å²) in [4.78, 5) is 12.0. The summed E-state index contributed by atoms with van der Waals surface area (Å²) in [5.74, 6) is -0.920. The molecular weight excluding hydrogens is 325 g/mol. The summed E-state index contributed by atoms with van der Waals surface area (Å²) in [5, 5.41) is 0. The van der Waals surface area contributed by atoms with Gasteiger partial charge in [-0.05, 0) is 41.1 Å². The summed E-state index contributed by atoms with van der Waals surface area (Å²) >= 11 is 3.12. The number of nitrogen functional groups attached to an aromatic ring is 1. The Kier molecular flexibility index (Phi) is 4.39. The summed E-state index contributed by atoms with van der Waals surface area (Å²) < 4.78 is 18.8. The Labute approximate surface area is 124 Å². The van der Waals surface area contributed by atoms with E-state index in [4.69, 9.17) is 10.5 Å². The number of esters is 1. The lowest BCUT2D eigenvalue weighted by Gasteiger charge is -2.09. The van der Waals surface area contributed by atoms with Gasteiger partial charge in [0, 0.05) is 11.3 Å². The number of anilines is 1. The van der Waals surface area contributed by atoms with Gasteiger partial charge in [0.15, 0.2) is 0 Å². The Morgan fingerprint density at radius 2 is 2.10 bits per heavy atom. The van der Waals surface area contributed by atoms with E-state index in [1.807, 2.05) is 13.0 Å². The van der Waals surface area contributed by atoms with E-state index >= 15 is 0 Å². The predicted molar refractivity (Wildman–Crippen MR) is 78.8 cm³/mol. The van der Waals surface area contributed by atoms with Gasteiger partial charge in [0.1, 0.15) is 12.4 Å². The van der Waals surface area contributed by atoms with Gasteiger partial charge in [-0.25, -0.2) is 9.18 Å². The molecule has 104 valence electrons. The second-order valence-corrected chi connectivity index (χ2v) is 5.17. The van der Waals surface area contributed by atoms with Crippen LogP contribution in [0.1, 0.15) is 21.5 Å². The highest BCUT2D eigenvalue weighted by molar-refractivity contribution is 9.10. The fourth-order valence-corrected chi connectivity index (χ4v) is 2.11. The van der Waals surface area contributed by atoms with Gasteiger partial charge in [0.25, 0.3) is 0 Å². The number of rotatable bonds is 3. The Hall–Kier alpha value is -1.88. The minimum absolute atomic E-state index is 0.0233. The van der Waals surface area contributed by atoms with Crippen LogP contribution in [0.4, 0.5) is 10.1 Å². The van der Waals surface area contributed by atoms with E-state index in [0.29, 0.717) is 21.3 Å². The molecule has 0 aliphatic heterocycles. The van der Waals surface area contributed by atoms with E-state index in [0.717, 1.165) is 5.56 Å². The molecular formula is C15H13BrFNO2. The molecule has 0 heterocycles. The van der Waals surface area contributed by atoms with Crippen molar-refractivity contribution >= 4 is 27.6 Å². The van der Waals surface area contributed by atoms with Crippen molar-refractivity contribution in [1.82, 2.24) is 0 Å². The quantitative estimate of drug-likeness (QED) is 0.683. The molecule has 0 amide bonds. The predicted octanol–water partition coefficient (Wildman–Crippen LogP) is 3.84. The van der Waals surface area contributed by atoms with Crippen LogP contribution in [0, 0.1) is 12.7 Å². The number of nitrogens with two attached hydrogens (primary N) is 1. The first kappa shape index (κ1) is 14.5. The second kappa shape index (κ2) is 6.05. The molecule has 0 unspecified atom stereocenters. The van der Waals surface area contributed by atoms with Gasteiger partial charge >= 0.3 is 5.97 Å². The van der Waals surface area contributed by atoms with Crippen molar-refractivity contribution in [2.45, 2.75) is 13.5 Å². The SMILES string of the molecule is Cc1ccc(N)c(C(=O)OCc2cccc(F)c2Br)c1. The van der Waals surface area contributed by atoms with Crippen molar-refractivity contribution in [3.63, 3.8) is 0 Å². The first-order valence-electron chi connectivity index (χ1n) is 5.95. The topological polar surface area (TPSA) is 52.3 Å². The number of ether oxygens (including phenoxy) is 1. The summed E-state index contributed by atoms with van der Waals surface area (Å²) in [6.07, 6.45) is 0. The van der Waals surface area contributed by atoms with Crippen LogP contribution in [0.3, 0.4) is 0 Å². The average Bonchev–Trinajstić information content (AvgIpc) is 2.43. The van der Waals surface area contributed by atoms with Crippen molar-refractivity contribution < 1.29 is 13.9 Å². The number of benzene rings is 2. The van der Waals surface area contributed by atoms with Crippen LogP contribution in [0.25, 0.3) is 0 Å². The highest BCUT2D eigenvalue weighted by Gasteiger charge is 2.13. The summed E-state index contributed by atoms with van der Waals surface area (Å²) in [6.45, 7) is 1.84. The van der Waals surface area contributed by atoms with Crippen LogP contribution in [0.5, 0.6) is 0 Å². The van der Waals surface area contributed by atoms with Gasteiger partial charge in [0.2, 0.25) is 0 Å². The highest BCUT2D eigenvalue weighted by Crippen LogP contribution is 2.22. The third-order valence-electron chi connectivity index (χ3n) is 2.82. The lowest BCUT2D eigenvalue weighted by molar-refractivity contribution is 0.0472. The molecule has 3 nitrogen and oxygen atoms in total. The zero-order valence-electron chi connectivity index (χ0n) is 10.8. The molecule has 0 bridgehead atoms. The van der Waals surface area contributed by atoms with Crippen LogP contribution in [-0.4, -0.2) is 5.97 Å². The lowest BCUT2D eigenvalue weighted by atomic mass is 10.1. The van der Waals surface area contributed by atoms with Gasteiger partial charge in [-0.1, -0.05) is 23.8 Å². The second-order valence-electron chi connectivity index (χ2n) is 4.38. The summed E-state index contributed by atoms with van der Waals surface area (Å²) in [5.41, 5.74) is 7.90. The highest BCUT2D eigenvalue weighted by atomic mass is 79.9. The molecule has 2 N–H and O–H groups in total. The van der Waals surface area contributed by atoms with Crippen LogP contribution in [0.15, 0.2) is 40.9 Å².